The predicted molar refractivity (Wildman–Crippen MR) is 65.2 cm³/mol. The van der Waals surface area contributed by atoms with Crippen molar-refractivity contribution in [3.05, 3.63) is 33.8 Å². The van der Waals surface area contributed by atoms with E-state index in [4.69, 9.17) is 23.2 Å². The molecule has 0 aromatic heterocycles. The Morgan fingerprint density at radius 2 is 1.94 bits per heavy atom. The van der Waals surface area contributed by atoms with Crippen molar-refractivity contribution >= 4 is 33.2 Å². The van der Waals surface area contributed by atoms with Gasteiger partial charge >= 0.3 is 0 Å². The van der Waals surface area contributed by atoms with Crippen LogP contribution in [0.5, 0.6) is 0 Å². The Kier molecular flexibility index (Phi) is 3.45. The van der Waals surface area contributed by atoms with Gasteiger partial charge in [-0.2, -0.15) is 0 Å². The number of hydrogen-bond acceptors (Lipinski definition) is 2. The zero-order valence-electron chi connectivity index (χ0n) is 8.41. The first kappa shape index (κ1) is 12.2. The molecule has 0 amide bonds. The van der Waals surface area contributed by atoms with Gasteiger partial charge in [-0.3, -0.25) is 0 Å². The first-order chi connectivity index (χ1) is 7.46. The molecule has 1 aliphatic carbocycles. The Balaban J connectivity index is 2.10. The van der Waals surface area contributed by atoms with Crippen molar-refractivity contribution in [2.45, 2.75) is 24.6 Å². The van der Waals surface area contributed by atoms with Crippen LogP contribution in [0.3, 0.4) is 0 Å². The summed E-state index contributed by atoms with van der Waals surface area (Å²) in [6.07, 6.45) is 1.86. The molecular weight excluding hydrogens is 269 g/mol. The molecule has 0 saturated heterocycles. The molecule has 1 aliphatic rings. The van der Waals surface area contributed by atoms with Crippen molar-refractivity contribution < 1.29 is 8.42 Å². The Bertz CT molecular complexity index is 498. The molecule has 16 heavy (non-hydrogen) atoms. The summed E-state index contributed by atoms with van der Waals surface area (Å²) in [5, 5.41) is 0.804. The highest BCUT2D eigenvalue weighted by Crippen LogP contribution is 2.24. The van der Waals surface area contributed by atoms with E-state index in [-0.39, 0.29) is 11.8 Å². The lowest BCUT2D eigenvalue weighted by Gasteiger charge is -2.06. The second-order valence-corrected chi connectivity index (χ2v) is 6.47. The van der Waals surface area contributed by atoms with Gasteiger partial charge in [-0.25, -0.2) is 13.1 Å². The van der Waals surface area contributed by atoms with E-state index in [0.29, 0.717) is 15.6 Å². The summed E-state index contributed by atoms with van der Waals surface area (Å²) in [7, 11) is -3.25. The molecule has 0 aliphatic heterocycles. The standard InChI is InChI=1S/C10H11Cl2NO2S/c11-9-4-1-7(5-10(9)12)6-16(14,15)13-8-2-3-8/h1,4-5,8,13H,2-3,6H2. The number of sulfonamides is 1. The van der Waals surface area contributed by atoms with Crippen molar-refractivity contribution in [1.29, 1.82) is 0 Å². The van der Waals surface area contributed by atoms with Gasteiger partial charge < -0.3 is 0 Å². The van der Waals surface area contributed by atoms with Crippen LogP contribution in [0.25, 0.3) is 0 Å². The molecule has 1 aromatic carbocycles. The van der Waals surface area contributed by atoms with E-state index >= 15 is 0 Å². The maximum Gasteiger partial charge on any atom is 0.216 e. The van der Waals surface area contributed by atoms with Gasteiger partial charge in [0.1, 0.15) is 0 Å². The average molecular weight is 280 g/mol. The van der Waals surface area contributed by atoms with E-state index in [1.807, 2.05) is 0 Å². The summed E-state index contributed by atoms with van der Waals surface area (Å²) in [5.74, 6) is -0.0552. The molecule has 2 rings (SSSR count). The first-order valence-electron chi connectivity index (χ1n) is 4.90. The van der Waals surface area contributed by atoms with E-state index < -0.39 is 10.0 Å². The fourth-order valence-electron chi connectivity index (χ4n) is 1.35. The topological polar surface area (TPSA) is 46.2 Å². The first-order valence-corrected chi connectivity index (χ1v) is 7.31. The Hall–Kier alpha value is -0.290. The quantitative estimate of drug-likeness (QED) is 0.921. The fraction of sp³-hybridized carbons (Fsp3) is 0.400. The number of rotatable bonds is 4. The van der Waals surface area contributed by atoms with E-state index in [1.54, 1.807) is 18.2 Å². The largest absolute Gasteiger partial charge is 0.216 e. The Morgan fingerprint density at radius 3 is 2.50 bits per heavy atom. The highest BCUT2D eigenvalue weighted by atomic mass is 35.5. The molecule has 1 N–H and O–H groups in total. The van der Waals surface area contributed by atoms with Gasteiger partial charge in [0.15, 0.2) is 0 Å². The van der Waals surface area contributed by atoms with Crippen molar-refractivity contribution in [2.24, 2.45) is 0 Å². The maximum atomic E-state index is 11.7. The second kappa shape index (κ2) is 4.53. The minimum atomic E-state index is -3.25. The summed E-state index contributed by atoms with van der Waals surface area (Å²) >= 11 is 11.6. The molecule has 0 bridgehead atoms. The molecule has 0 unspecified atom stereocenters. The fourth-order valence-corrected chi connectivity index (χ4v) is 3.11. The lowest BCUT2D eigenvalue weighted by molar-refractivity contribution is 0.580. The molecule has 1 saturated carbocycles. The SMILES string of the molecule is O=S(=O)(Cc1ccc(Cl)c(Cl)c1)NC1CC1. The van der Waals surface area contributed by atoms with Gasteiger partial charge in [-0.05, 0) is 30.5 Å². The van der Waals surface area contributed by atoms with Crippen LogP contribution in [0.15, 0.2) is 18.2 Å². The molecule has 1 fully saturated rings. The molecule has 3 nitrogen and oxygen atoms in total. The van der Waals surface area contributed by atoms with E-state index in [9.17, 15) is 8.42 Å². The molecule has 6 heteroatoms. The zero-order valence-corrected chi connectivity index (χ0v) is 10.7. The third kappa shape index (κ3) is 3.35. The zero-order chi connectivity index (χ0) is 11.8. The average Bonchev–Trinajstić information content (AvgIpc) is 2.94. The molecule has 0 heterocycles. The lowest BCUT2D eigenvalue weighted by Crippen LogP contribution is -2.27. The third-order valence-electron chi connectivity index (χ3n) is 2.26. The van der Waals surface area contributed by atoms with Gasteiger partial charge in [0.05, 0.1) is 15.8 Å². The summed E-state index contributed by atoms with van der Waals surface area (Å²) in [6, 6.07) is 4.98. The number of benzene rings is 1. The highest BCUT2D eigenvalue weighted by Gasteiger charge is 2.26. The third-order valence-corrected chi connectivity index (χ3v) is 4.41. The molecule has 88 valence electrons. The van der Waals surface area contributed by atoms with Crippen LogP contribution in [0, 0.1) is 0 Å². The number of hydrogen-bond donors (Lipinski definition) is 1. The number of nitrogens with one attached hydrogen (secondary N) is 1. The van der Waals surface area contributed by atoms with Crippen molar-refractivity contribution in [3.63, 3.8) is 0 Å². The molecular formula is C10H11Cl2NO2S. The van der Waals surface area contributed by atoms with Crippen LogP contribution in [0.1, 0.15) is 18.4 Å². The predicted octanol–water partition coefficient (Wildman–Crippen LogP) is 2.58. The molecule has 0 atom stereocenters. The summed E-state index contributed by atoms with van der Waals surface area (Å²) in [6.45, 7) is 0. The number of halogens is 2. The molecule has 0 radical (unpaired) electrons. The Morgan fingerprint density at radius 1 is 1.25 bits per heavy atom. The highest BCUT2D eigenvalue weighted by molar-refractivity contribution is 7.88. The van der Waals surface area contributed by atoms with Crippen molar-refractivity contribution in [2.75, 3.05) is 0 Å². The van der Waals surface area contributed by atoms with E-state index in [1.165, 1.54) is 0 Å². The van der Waals surface area contributed by atoms with Crippen LogP contribution in [-0.2, 0) is 15.8 Å². The van der Waals surface area contributed by atoms with Crippen LogP contribution in [0.2, 0.25) is 10.0 Å². The van der Waals surface area contributed by atoms with Crippen LogP contribution in [-0.4, -0.2) is 14.5 Å². The van der Waals surface area contributed by atoms with Gasteiger partial charge in [0.25, 0.3) is 0 Å². The summed E-state index contributed by atoms with van der Waals surface area (Å²) in [5.41, 5.74) is 0.641. The van der Waals surface area contributed by atoms with Crippen LogP contribution in [0.4, 0.5) is 0 Å². The van der Waals surface area contributed by atoms with Gasteiger partial charge in [0, 0.05) is 6.04 Å². The van der Waals surface area contributed by atoms with Gasteiger partial charge in [-0.15, -0.1) is 0 Å². The Labute approximate surface area is 105 Å². The van der Waals surface area contributed by atoms with Crippen LogP contribution < -0.4 is 4.72 Å². The lowest BCUT2D eigenvalue weighted by atomic mass is 10.2. The summed E-state index contributed by atoms with van der Waals surface area (Å²) in [4.78, 5) is 0. The minimum Gasteiger partial charge on any atom is -0.212 e. The monoisotopic (exact) mass is 279 g/mol. The van der Waals surface area contributed by atoms with Crippen LogP contribution >= 0.6 is 23.2 Å². The van der Waals surface area contributed by atoms with Gasteiger partial charge in [0.2, 0.25) is 10.0 Å². The summed E-state index contributed by atoms with van der Waals surface area (Å²) < 4.78 is 25.9. The van der Waals surface area contributed by atoms with Gasteiger partial charge in [-0.1, -0.05) is 29.3 Å². The van der Waals surface area contributed by atoms with Crippen molar-refractivity contribution in [1.82, 2.24) is 4.72 Å². The van der Waals surface area contributed by atoms with E-state index in [2.05, 4.69) is 4.72 Å². The smallest absolute Gasteiger partial charge is 0.212 e. The normalized spacial score (nSPS) is 16.4. The second-order valence-electron chi connectivity index (χ2n) is 3.90. The molecule has 0 spiro atoms. The minimum absolute atomic E-state index is 0.0552. The maximum absolute atomic E-state index is 11.7. The van der Waals surface area contributed by atoms with E-state index in [0.717, 1.165) is 12.8 Å². The molecule has 1 aromatic rings. The van der Waals surface area contributed by atoms with Crippen molar-refractivity contribution in [3.8, 4) is 0 Å².